The first-order chi connectivity index (χ1) is 10.1. The molecule has 1 aromatic heterocycles. The minimum Gasteiger partial charge on any atom is -0.459 e. The number of furan rings is 1. The van der Waals surface area contributed by atoms with Gasteiger partial charge in [0.15, 0.2) is 0 Å². The van der Waals surface area contributed by atoms with Crippen molar-refractivity contribution in [2.24, 2.45) is 5.84 Å². The smallest absolute Gasteiger partial charge is 0.137 e. The minimum absolute atomic E-state index is 0.167. The van der Waals surface area contributed by atoms with E-state index < -0.39 is 0 Å². The van der Waals surface area contributed by atoms with Crippen molar-refractivity contribution in [1.82, 2.24) is 5.43 Å². The van der Waals surface area contributed by atoms with Crippen LogP contribution in [0.15, 0.2) is 28.7 Å². The number of fused-ring (bicyclic) bond motifs is 1. The van der Waals surface area contributed by atoms with Crippen molar-refractivity contribution in [3.8, 4) is 0 Å². The van der Waals surface area contributed by atoms with Gasteiger partial charge in [-0.15, -0.1) is 0 Å². The maximum absolute atomic E-state index is 6.09. The molecule has 0 bridgehead atoms. The van der Waals surface area contributed by atoms with Crippen LogP contribution < -0.4 is 11.3 Å². The summed E-state index contributed by atoms with van der Waals surface area (Å²) < 4.78 is 12.1. The molecule has 0 amide bonds. The molecule has 1 aromatic carbocycles. The molecule has 1 unspecified atom stereocenters. The first-order valence-electron chi connectivity index (χ1n) is 7.71. The second kappa shape index (κ2) is 6.60. The third-order valence-electron chi connectivity index (χ3n) is 4.37. The summed E-state index contributed by atoms with van der Waals surface area (Å²) in [5.41, 5.74) is 4.60. The molecule has 2 rings (SSSR count). The SMILES string of the molecule is CCOC(CC)(CC)C(NN)c1cc2cccc(C)c2o1. The summed E-state index contributed by atoms with van der Waals surface area (Å²) in [7, 11) is 0. The van der Waals surface area contributed by atoms with Gasteiger partial charge in [0, 0.05) is 12.0 Å². The van der Waals surface area contributed by atoms with Gasteiger partial charge in [0.2, 0.25) is 0 Å². The zero-order chi connectivity index (χ0) is 15.5. The molecule has 4 heteroatoms. The molecule has 21 heavy (non-hydrogen) atoms. The molecule has 0 saturated heterocycles. The van der Waals surface area contributed by atoms with E-state index in [1.54, 1.807) is 0 Å². The molecule has 0 saturated carbocycles. The van der Waals surface area contributed by atoms with Crippen LogP contribution >= 0.6 is 0 Å². The molecule has 4 nitrogen and oxygen atoms in total. The Morgan fingerprint density at radius 3 is 2.52 bits per heavy atom. The predicted molar refractivity (Wildman–Crippen MR) is 86.0 cm³/mol. The summed E-state index contributed by atoms with van der Waals surface area (Å²) in [6, 6.07) is 8.04. The highest BCUT2D eigenvalue weighted by molar-refractivity contribution is 5.81. The van der Waals surface area contributed by atoms with Crippen LogP contribution in [0, 0.1) is 6.92 Å². The van der Waals surface area contributed by atoms with Crippen LogP contribution in [-0.2, 0) is 4.74 Å². The van der Waals surface area contributed by atoms with Crippen LogP contribution in [-0.4, -0.2) is 12.2 Å². The Morgan fingerprint density at radius 1 is 1.29 bits per heavy atom. The number of hydrogen-bond acceptors (Lipinski definition) is 4. The predicted octanol–water partition coefficient (Wildman–Crippen LogP) is 3.84. The van der Waals surface area contributed by atoms with E-state index >= 15 is 0 Å². The van der Waals surface area contributed by atoms with Gasteiger partial charge in [-0.3, -0.25) is 5.84 Å². The first-order valence-corrected chi connectivity index (χ1v) is 7.71. The van der Waals surface area contributed by atoms with Gasteiger partial charge in [0.1, 0.15) is 17.4 Å². The van der Waals surface area contributed by atoms with Crippen molar-refractivity contribution in [3.05, 3.63) is 35.6 Å². The second-order valence-electron chi connectivity index (χ2n) is 5.45. The first kappa shape index (κ1) is 16.0. The number of aryl methyl sites for hydroxylation is 1. The second-order valence-corrected chi connectivity index (χ2v) is 5.45. The Hall–Kier alpha value is -1.36. The molecule has 0 aliphatic heterocycles. The van der Waals surface area contributed by atoms with Crippen molar-refractivity contribution in [2.45, 2.75) is 52.2 Å². The van der Waals surface area contributed by atoms with Crippen molar-refractivity contribution in [3.63, 3.8) is 0 Å². The normalized spacial score (nSPS) is 13.8. The summed E-state index contributed by atoms with van der Waals surface area (Å²) in [6.07, 6.45) is 1.73. The highest BCUT2D eigenvalue weighted by Crippen LogP contribution is 2.37. The number of benzene rings is 1. The average Bonchev–Trinajstić information content (AvgIpc) is 2.92. The third-order valence-corrected chi connectivity index (χ3v) is 4.37. The van der Waals surface area contributed by atoms with Crippen molar-refractivity contribution >= 4 is 11.0 Å². The number of para-hydroxylation sites is 1. The fourth-order valence-electron chi connectivity index (χ4n) is 3.10. The lowest BCUT2D eigenvalue weighted by Crippen LogP contribution is -2.47. The molecule has 3 N–H and O–H groups in total. The van der Waals surface area contributed by atoms with E-state index in [4.69, 9.17) is 15.0 Å². The molecule has 0 aliphatic rings. The van der Waals surface area contributed by atoms with Crippen molar-refractivity contribution in [1.29, 1.82) is 0 Å². The summed E-state index contributed by atoms with van der Waals surface area (Å²) in [4.78, 5) is 0. The summed E-state index contributed by atoms with van der Waals surface area (Å²) >= 11 is 0. The molecular formula is C17H26N2O2. The van der Waals surface area contributed by atoms with Gasteiger partial charge >= 0.3 is 0 Å². The maximum Gasteiger partial charge on any atom is 0.137 e. The lowest BCUT2D eigenvalue weighted by atomic mass is 9.87. The Bertz CT molecular complexity index is 587. The lowest BCUT2D eigenvalue weighted by molar-refractivity contribution is -0.0774. The number of nitrogens with one attached hydrogen (secondary N) is 1. The van der Waals surface area contributed by atoms with E-state index in [0.29, 0.717) is 6.61 Å². The van der Waals surface area contributed by atoms with Gasteiger partial charge in [-0.1, -0.05) is 32.0 Å². The standard InChI is InChI=1S/C17H26N2O2/c1-5-17(6-2,20-7-3)16(19-18)14-11-13-10-8-9-12(4)15(13)21-14/h8-11,16,19H,5-7,18H2,1-4H3. The van der Waals surface area contributed by atoms with Crippen LogP contribution in [0.1, 0.15) is 51.0 Å². The van der Waals surface area contributed by atoms with Crippen LogP contribution in [0.3, 0.4) is 0 Å². The molecular weight excluding hydrogens is 264 g/mol. The van der Waals surface area contributed by atoms with Crippen LogP contribution in [0.25, 0.3) is 11.0 Å². The van der Waals surface area contributed by atoms with Gasteiger partial charge in [0.25, 0.3) is 0 Å². The number of nitrogens with two attached hydrogens (primary N) is 1. The Labute approximate surface area is 126 Å². The highest BCUT2D eigenvalue weighted by atomic mass is 16.5. The van der Waals surface area contributed by atoms with E-state index in [0.717, 1.165) is 35.1 Å². The number of rotatable bonds is 7. The summed E-state index contributed by atoms with van der Waals surface area (Å²) in [5.74, 6) is 6.67. The highest BCUT2D eigenvalue weighted by Gasteiger charge is 2.39. The fraction of sp³-hybridized carbons (Fsp3) is 0.529. The Morgan fingerprint density at radius 2 is 2.00 bits per heavy atom. The lowest BCUT2D eigenvalue weighted by Gasteiger charge is -2.37. The molecule has 0 fully saturated rings. The topological polar surface area (TPSA) is 60.4 Å². The van der Waals surface area contributed by atoms with Gasteiger partial charge in [0.05, 0.1) is 5.60 Å². The molecule has 0 spiro atoms. The van der Waals surface area contributed by atoms with Crippen LogP contribution in [0.2, 0.25) is 0 Å². The Balaban J connectivity index is 2.49. The van der Waals surface area contributed by atoms with Crippen LogP contribution in [0.5, 0.6) is 0 Å². The van der Waals surface area contributed by atoms with E-state index in [9.17, 15) is 0 Å². The molecule has 1 atom stereocenters. The molecule has 0 radical (unpaired) electrons. The average molecular weight is 290 g/mol. The third kappa shape index (κ3) is 2.84. The van der Waals surface area contributed by atoms with E-state index in [2.05, 4.69) is 44.4 Å². The van der Waals surface area contributed by atoms with E-state index in [-0.39, 0.29) is 11.6 Å². The number of hydrazine groups is 1. The van der Waals surface area contributed by atoms with Gasteiger partial charge in [-0.25, -0.2) is 5.43 Å². The number of hydrogen-bond donors (Lipinski definition) is 2. The minimum atomic E-state index is -0.356. The zero-order valence-electron chi connectivity index (χ0n) is 13.4. The van der Waals surface area contributed by atoms with E-state index in [1.165, 1.54) is 0 Å². The van der Waals surface area contributed by atoms with Gasteiger partial charge in [-0.2, -0.15) is 0 Å². The zero-order valence-corrected chi connectivity index (χ0v) is 13.4. The quantitative estimate of drug-likeness (QED) is 0.601. The van der Waals surface area contributed by atoms with Crippen LogP contribution in [0.4, 0.5) is 0 Å². The maximum atomic E-state index is 6.09. The molecule has 0 aliphatic carbocycles. The van der Waals surface area contributed by atoms with Gasteiger partial charge < -0.3 is 9.15 Å². The number of ether oxygens (including phenoxy) is 1. The van der Waals surface area contributed by atoms with Crippen molar-refractivity contribution in [2.75, 3.05) is 6.61 Å². The summed E-state index contributed by atoms with van der Waals surface area (Å²) in [6.45, 7) is 8.96. The fourth-order valence-corrected chi connectivity index (χ4v) is 3.10. The van der Waals surface area contributed by atoms with E-state index in [1.807, 2.05) is 13.0 Å². The van der Waals surface area contributed by atoms with Gasteiger partial charge in [-0.05, 0) is 38.3 Å². The largest absolute Gasteiger partial charge is 0.459 e. The molecule has 1 heterocycles. The summed E-state index contributed by atoms with van der Waals surface area (Å²) in [5, 5.41) is 1.10. The molecule has 116 valence electrons. The Kier molecular flexibility index (Phi) is 5.04. The molecule has 2 aromatic rings. The van der Waals surface area contributed by atoms with Crippen molar-refractivity contribution < 1.29 is 9.15 Å². The monoisotopic (exact) mass is 290 g/mol.